The van der Waals surface area contributed by atoms with Gasteiger partial charge in [0, 0.05) is 88.4 Å². The number of hydrogen-bond donors (Lipinski definition) is 3. The van der Waals surface area contributed by atoms with Crippen LogP contribution in [-0.2, 0) is 53.6 Å². The second-order valence-corrected chi connectivity index (χ2v) is 28.4. The van der Waals surface area contributed by atoms with Gasteiger partial charge >= 0.3 is 14.2 Å². The van der Waals surface area contributed by atoms with E-state index in [1.807, 2.05) is 188 Å². The number of anilines is 1. The molecule has 5 saturated heterocycles. The highest BCUT2D eigenvalue weighted by atomic mass is 79.9. The molecule has 0 bridgehead atoms. The maximum absolute atomic E-state index is 9.58. The van der Waals surface area contributed by atoms with Gasteiger partial charge in [0.2, 0.25) is 0 Å². The van der Waals surface area contributed by atoms with Crippen LogP contribution in [0.4, 0.5) is 5.82 Å². The second-order valence-electron chi connectivity index (χ2n) is 27.5. The molecular formula is C68H90B2BrN7O12. The highest BCUT2D eigenvalue weighted by Gasteiger charge is 2.61. The molecule has 5 aliphatic rings. The molecule has 5 fully saturated rings. The maximum atomic E-state index is 9.58. The average molecular weight is 1300 g/mol. The Hall–Kier alpha value is -5.56. The average Bonchev–Trinajstić information content (AvgIpc) is 1.67. The van der Waals surface area contributed by atoms with E-state index < -0.39 is 32.1 Å². The molecule has 0 aliphatic carbocycles. The molecule has 1 unspecified atom stereocenters. The van der Waals surface area contributed by atoms with E-state index in [1.54, 1.807) is 24.8 Å². The van der Waals surface area contributed by atoms with Crippen LogP contribution in [0, 0.1) is 0 Å². The van der Waals surface area contributed by atoms with Crippen molar-refractivity contribution in [3.8, 4) is 22.5 Å². The van der Waals surface area contributed by atoms with Gasteiger partial charge in [-0.3, -0.25) is 15.0 Å². The van der Waals surface area contributed by atoms with Crippen LogP contribution in [0.25, 0.3) is 28.0 Å². The van der Waals surface area contributed by atoms with E-state index in [0.717, 1.165) is 48.8 Å². The Morgan fingerprint density at radius 1 is 0.611 bits per heavy atom. The lowest BCUT2D eigenvalue weighted by atomic mass is 9.79. The Morgan fingerprint density at radius 3 is 1.78 bits per heavy atom. The number of rotatable bonds is 12. The highest BCUT2D eigenvalue weighted by molar-refractivity contribution is 9.10. The summed E-state index contributed by atoms with van der Waals surface area (Å²) < 4.78 is 61.9. The third-order valence-electron chi connectivity index (χ3n) is 18.0. The first kappa shape index (κ1) is 68.8. The Morgan fingerprint density at radius 2 is 1.19 bits per heavy atom. The van der Waals surface area contributed by atoms with Crippen LogP contribution in [0.5, 0.6) is 0 Å². The van der Waals surface area contributed by atoms with Gasteiger partial charge in [-0.15, -0.1) is 5.10 Å². The predicted octanol–water partition coefficient (Wildman–Crippen LogP) is 11.6. The molecule has 1 atom stereocenters. The van der Waals surface area contributed by atoms with Gasteiger partial charge in [0.05, 0.1) is 78.8 Å². The molecule has 0 spiro atoms. The van der Waals surface area contributed by atoms with Crippen LogP contribution in [0.3, 0.4) is 0 Å². The number of halogens is 1. The SMILES string of the molecule is CC1(C)COC(c2cncc(B3OC(C)(C)C(C)(C)O3)c2)CO1.CC1(C)OB(C2OC(C)(C)C(C)(C)O2)OC1(C)C.CC1(C)OCC(c2cncc(Br)c2)CO1.OCC(CO)c1cncc(-c2nc(NCc3ccccc3)c3c(-c4ccccc4)ccn3n2)c1. The Kier molecular flexibility index (Phi) is 21.1. The number of fused-ring (bicyclic) bond motifs is 1. The van der Waals surface area contributed by atoms with Gasteiger partial charge in [-0.1, -0.05) is 66.7 Å². The first-order valence-electron chi connectivity index (χ1n) is 30.9. The topological polar surface area (TPSA) is 214 Å². The van der Waals surface area contributed by atoms with E-state index in [-0.39, 0.29) is 64.4 Å². The standard InChI is InChI=1S/C27H25N5O2.C17H26BNO4.C13H25BO4.C11H14BrNO2/c33-17-23(18-34)21-13-22(16-28-15-21)26-30-27(29-14-19-7-3-1-4-8-19)25-24(11-12-32(25)31-26)20-9-5-2-6-10-20;1-15(2)11-20-14(10-21-15)12-7-13(9-19-8-12)18-22-16(3,4)17(5,6)23-18;1-10(2)11(3,4)16-9(15-10)14-17-12(5,6)13(7,8)18-14;1-11(2)14-6-9(7-15-11)8-3-10(12)5-13-4-8/h1-13,15-16,23,33-34H,14,17-18H2,(H,29,30,31);7-9,14H,10-11H2,1-6H3;9H,1-8H3;3-5,9H,6-7H2,1-2H3. The molecule has 482 valence electrons. The zero-order valence-corrected chi connectivity index (χ0v) is 56.7. The summed E-state index contributed by atoms with van der Waals surface area (Å²) in [5, 5.41) is 27.4. The molecule has 5 aromatic heterocycles. The minimum atomic E-state index is -0.476. The van der Waals surface area contributed by atoms with Gasteiger partial charge in [0.1, 0.15) is 11.6 Å². The summed E-state index contributed by atoms with van der Waals surface area (Å²) in [7, 11) is -0.885. The number of benzene rings is 2. The fraction of sp³-hybridized carbons (Fsp3) is 0.515. The Labute approximate surface area is 540 Å². The summed E-state index contributed by atoms with van der Waals surface area (Å²) in [6.07, 6.45) is 11.9. The quantitative estimate of drug-likeness (QED) is 0.0970. The molecule has 0 saturated carbocycles. The lowest BCUT2D eigenvalue weighted by Gasteiger charge is -2.35. The Bertz CT molecular complexity index is 3410. The molecule has 3 N–H and O–H groups in total. The monoisotopic (exact) mass is 1300 g/mol. The summed E-state index contributed by atoms with van der Waals surface area (Å²) in [5.41, 5.74) is 6.28. The summed E-state index contributed by atoms with van der Waals surface area (Å²) in [6.45, 7) is 35.1. The number of nitrogens with zero attached hydrogens (tertiary/aromatic N) is 6. The third kappa shape index (κ3) is 16.2. The maximum Gasteiger partial charge on any atom is 0.517 e. The second kappa shape index (κ2) is 27.6. The minimum Gasteiger partial charge on any atom is -0.400 e. The molecule has 90 heavy (non-hydrogen) atoms. The van der Waals surface area contributed by atoms with Crippen LogP contribution in [0.2, 0.25) is 0 Å². The minimum absolute atomic E-state index is 0.0992. The van der Waals surface area contributed by atoms with Gasteiger partial charge in [-0.05, 0) is 167 Å². The molecular weight excluding hydrogens is 1210 g/mol. The zero-order valence-electron chi connectivity index (χ0n) is 55.1. The molecule has 22 heteroatoms. The van der Waals surface area contributed by atoms with Crippen molar-refractivity contribution in [1.29, 1.82) is 0 Å². The number of aromatic nitrogens is 6. The number of ether oxygens (including phenoxy) is 6. The number of hydrogen-bond acceptors (Lipinski definition) is 18. The number of pyridine rings is 3. The lowest BCUT2D eigenvalue weighted by molar-refractivity contribution is -0.251. The summed E-state index contributed by atoms with van der Waals surface area (Å²) in [5.74, 6) is 0.646. The first-order valence-corrected chi connectivity index (χ1v) is 31.7. The molecule has 5 aliphatic heterocycles. The normalized spacial score (nSPS) is 21.8. The molecule has 19 nitrogen and oxygen atoms in total. The molecule has 0 radical (unpaired) electrons. The van der Waals surface area contributed by atoms with Crippen molar-refractivity contribution in [2.75, 3.05) is 45.0 Å². The summed E-state index contributed by atoms with van der Waals surface area (Å²) in [4.78, 5) is 17.7. The highest BCUT2D eigenvalue weighted by Crippen LogP contribution is 2.45. The van der Waals surface area contributed by atoms with Crippen molar-refractivity contribution in [1.82, 2.24) is 29.5 Å². The third-order valence-corrected chi connectivity index (χ3v) is 18.4. The van der Waals surface area contributed by atoms with E-state index in [2.05, 4.69) is 66.5 Å². The van der Waals surface area contributed by atoms with E-state index in [0.29, 0.717) is 50.2 Å². The fourth-order valence-corrected chi connectivity index (χ4v) is 10.5. The van der Waals surface area contributed by atoms with Crippen LogP contribution >= 0.6 is 15.9 Å². The van der Waals surface area contributed by atoms with Crippen molar-refractivity contribution >= 4 is 47.0 Å². The van der Waals surface area contributed by atoms with E-state index in [4.69, 9.17) is 57.1 Å². The molecule has 12 rings (SSSR count). The van der Waals surface area contributed by atoms with Crippen LogP contribution in [-0.4, -0.2) is 145 Å². The van der Waals surface area contributed by atoms with Gasteiger partial charge in [-0.2, -0.15) is 0 Å². The molecule has 0 amide bonds. The fourth-order valence-electron chi connectivity index (χ4n) is 10.2. The van der Waals surface area contributed by atoms with E-state index in [9.17, 15) is 10.2 Å². The summed E-state index contributed by atoms with van der Waals surface area (Å²) >= 11 is 3.41. The van der Waals surface area contributed by atoms with Gasteiger partial charge in [0.15, 0.2) is 23.6 Å². The van der Waals surface area contributed by atoms with Crippen molar-refractivity contribution in [3.63, 3.8) is 0 Å². The number of aliphatic hydroxyl groups is 2. The van der Waals surface area contributed by atoms with Gasteiger partial charge < -0.3 is 62.6 Å². The van der Waals surface area contributed by atoms with E-state index in [1.165, 1.54) is 0 Å². The van der Waals surface area contributed by atoms with Crippen LogP contribution < -0.4 is 10.8 Å². The molecule has 7 aromatic rings. The van der Waals surface area contributed by atoms with Gasteiger partial charge in [0.25, 0.3) is 0 Å². The Balaban J connectivity index is 0.000000150. The van der Waals surface area contributed by atoms with Crippen molar-refractivity contribution in [3.05, 3.63) is 155 Å². The molecule has 2 aromatic carbocycles. The van der Waals surface area contributed by atoms with Crippen molar-refractivity contribution in [2.45, 2.75) is 186 Å². The smallest absolute Gasteiger partial charge is 0.400 e. The lowest BCUT2D eigenvalue weighted by Crippen LogP contribution is -2.41. The number of nitrogens with one attached hydrogen (secondary N) is 1. The van der Waals surface area contributed by atoms with Gasteiger partial charge in [-0.25, -0.2) is 9.50 Å². The zero-order chi connectivity index (χ0) is 65.1. The van der Waals surface area contributed by atoms with Crippen LogP contribution in [0.1, 0.15) is 151 Å². The first-order chi connectivity index (χ1) is 42.3. The molecule has 10 heterocycles. The van der Waals surface area contributed by atoms with Crippen LogP contribution in [0.15, 0.2) is 133 Å². The predicted molar refractivity (Wildman–Crippen MR) is 352 cm³/mol. The summed E-state index contributed by atoms with van der Waals surface area (Å²) in [6, 6.07) is 28.3. The van der Waals surface area contributed by atoms with Crippen molar-refractivity contribution in [2.24, 2.45) is 0 Å². The van der Waals surface area contributed by atoms with E-state index >= 15 is 0 Å². The van der Waals surface area contributed by atoms with Crippen molar-refractivity contribution < 1.29 is 57.3 Å². The largest absolute Gasteiger partial charge is 0.517 e. The number of aliphatic hydroxyl groups excluding tert-OH is 2.